The Hall–Kier alpha value is -4.28. The normalized spacial score (nSPS) is 17.6. The van der Waals surface area contributed by atoms with E-state index in [9.17, 15) is 14.7 Å². The van der Waals surface area contributed by atoms with E-state index in [2.05, 4.69) is 22.5 Å². The van der Waals surface area contributed by atoms with Crippen molar-refractivity contribution < 1.29 is 28.9 Å². The summed E-state index contributed by atoms with van der Waals surface area (Å²) in [5.41, 5.74) is 2.96. The number of ether oxygens (including phenoxy) is 3. The van der Waals surface area contributed by atoms with Gasteiger partial charge in [-0.3, -0.25) is 9.69 Å². The first-order chi connectivity index (χ1) is 20.7. The fraction of sp³-hybridized carbons (Fsp3) is 0.394. The summed E-state index contributed by atoms with van der Waals surface area (Å²) in [6.45, 7) is 5.56. The first-order valence-corrected chi connectivity index (χ1v) is 14.4. The van der Waals surface area contributed by atoms with Gasteiger partial charge in [0, 0.05) is 42.5 Å². The van der Waals surface area contributed by atoms with Crippen LogP contribution in [-0.4, -0.2) is 80.0 Å². The van der Waals surface area contributed by atoms with Crippen LogP contribution in [-0.2, 0) is 17.8 Å². The predicted octanol–water partition coefficient (Wildman–Crippen LogP) is 4.63. The number of amides is 3. The summed E-state index contributed by atoms with van der Waals surface area (Å²) in [7, 11) is 5.28. The van der Waals surface area contributed by atoms with Crippen LogP contribution in [0, 0.1) is 5.92 Å². The second kappa shape index (κ2) is 14.8. The molecule has 0 saturated carbocycles. The number of rotatable bonds is 10. The summed E-state index contributed by atoms with van der Waals surface area (Å²) in [6, 6.07) is 19.6. The lowest BCUT2D eigenvalue weighted by molar-refractivity contribution is -0.134. The second-order valence-corrected chi connectivity index (χ2v) is 11.1. The van der Waals surface area contributed by atoms with Gasteiger partial charge in [-0.25, -0.2) is 4.79 Å². The van der Waals surface area contributed by atoms with Crippen molar-refractivity contribution in [2.75, 3.05) is 51.6 Å². The molecular weight excluding hydrogens is 548 g/mol. The van der Waals surface area contributed by atoms with Gasteiger partial charge in [0.1, 0.15) is 23.4 Å². The van der Waals surface area contributed by atoms with Crippen LogP contribution in [0.25, 0.3) is 0 Å². The Bertz CT molecular complexity index is 1360. The van der Waals surface area contributed by atoms with Crippen molar-refractivity contribution >= 4 is 23.3 Å². The molecule has 0 aliphatic carbocycles. The third-order valence-electron chi connectivity index (χ3n) is 7.63. The van der Waals surface area contributed by atoms with Crippen molar-refractivity contribution in [3.05, 3.63) is 77.9 Å². The molecule has 3 N–H and O–H groups in total. The zero-order valence-electron chi connectivity index (χ0n) is 25.5. The van der Waals surface area contributed by atoms with E-state index in [4.69, 9.17) is 14.2 Å². The van der Waals surface area contributed by atoms with Crippen LogP contribution in [0.15, 0.2) is 66.7 Å². The number of urea groups is 1. The van der Waals surface area contributed by atoms with Crippen molar-refractivity contribution in [1.29, 1.82) is 0 Å². The minimum Gasteiger partial charge on any atom is -0.497 e. The van der Waals surface area contributed by atoms with Gasteiger partial charge in [-0.15, -0.1) is 0 Å². The maximum Gasteiger partial charge on any atom is 0.323 e. The van der Waals surface area contributed by atoms with Gasteiger partial charge in [0.25, 0.3) is 0 Å². The molecule has 0 fully saturated rings. The molecule has 3 aromatic rings. The van der Waals surface area contributed by atoms with Crippen LogP contribution < -0.4 is 24.8 Å². The lowest BCUT2D eigenvalue weighted by Crippen LogP contribution is -2.47. The zero-order valence-corrected chi connectivity index (χ0v) is 25.5. The third-order valence-corrected chi connectivity index (χ3v) is 7.63. The summed E-state index contributed by atoms with van der Waals surface area (Å²) in [6.07, 6.45) is -0.158. The molecule has 3 aromatic carbocycles. The van der Waals surface area contributed by atoms with E-state index in [0.717, 1.165) is 11.3 Å². The Balaban J connectivity index is 1.53. The molecule has 0 unspecified atom stereocenters. The molecule has 0 aromatic heterocycles. The second-order valence-electron chi connectivity index (χ2n) is 11.1. The van der Waals surface area contributed by atoms with Crippen LogP contribution in [0.3, 0.4) is 0 Å². The summed E-state index contributed by atoms with van der Waals surface area (Å²) >= 11 is 0. The van der Waals surface area contributed by atoms with Gasteiger partial charge in [0.15, 0.2) is 0 Å². The molecule has 4 rings (SSSR count). The van der Waals surface area contributed by atoms with E-state index >= 15 is 0 Å². The highest BCUT2D eigenvalue weighted by molar-refractivity contribution is 6.00. The highest BCUT2D eigenvalue weighted by atomic mass is 16.5. The molecule has 3 atom stereocenters. The minimum atomic E-state index is -0.414. The van der Waals surface area contributed by atoms with Crippen LogP contribution in [0.5, 0.6) is 17.2 Å². The van der Waals surface area contributed by atoms with E-state index in [1.54, 1.807) is 61.6 Å². The summed E-state index contributed by atoms with van der Waals surface area (Å²) in [4.78, 5) is 30.2. The molecule has 10 heteroatoms. The fourth-order valence-corrected chi connectivity index (χ4v) is 5.11. The van der Waals surface area contributed by atoms with Crippen LogP contribution in [0.2, 0.25) is 0 Å². The number of nitrogens with zero attached hydrogens (tertiary/aromatic N) is 2. The fourth-order valence-electron chi connectivity index (χ4n) is 5.11. The number of fused-ring (bicyclic) bond motifs is 1. The highest BCUT2D eigenvalue weighted by Crippen LogP contribution is 2.29. The number of carbonyl (C=O) groups excluding carboxylic acids is 2. The number of likely N-dealkylation sites (N-methyl/N-ethyl adjacent to an activating group) is 1. The first kappa shape index (κ1) is 31.7. The maximum absolute atomic E-state index is 13.5. The number of nitrogens with one attached hydrogen (secondary N) is 2. The largest absolute Gasteiger partial charge is 0.497 e. The van der Waals surface area contributed by atoms with E-state index < -0.39 is 6.03 Å². The number of methoxy groups -OCH3 is 2. The van der Waals surface area contributed by atoms with Crippen molar-refractivity contribution in [2.45, 2.75) is 39.0 Å². The Kier molecular flexibility index (Phi) is 10.9. The SMILES string of the molecule is COc1ccc(CN(C)C[C@@H]2Oc3ccc(NC(=O)Nc4ccc(OC)cc4)cc3CC(=O)N([C@@H](C)CO)C[C@@H]2C)cc1. The average molecular weight is 591 g/mol. The van der Waals surface area contributed by atoms with Gasteiger partial charge in [0.05, 0.1) is 33.3 Å². The summed E-state index contributed by atoms with van der Waals surface area (Å²) in [5, 5.41) is 15.6. The molecule has 0 saturated heterocycles. The molecule has 43 heavy (non-hydrogen) atoms. The predicted molar refractivity (Wildman–Crippen MR) is 167 cm³/mol. The number of aliphatic hydroxyl groups excluding tert-OH is 1. The monoisotopic (exact) mass is 590 g/mol. The van der Waals surface area contributed by atoms with Gasteiger partial charge in [-0.2, -0.15) is 0 Å². The van der Waals surface area contributed by atoms with Crippen LogP contribution >= 0.6 is 0 Å². The van der Waals surface area contributed by atoms with Gasteiger partial charge in [-0.05, 0) is 74.1 Å². The third kappa shape index (κ3) is 8.62. The van der Waals surface area contributed by atoms with Crippen LogP contribution in [0.1, 0.15) is 25.0 Å². The number of anilines is 2. The first-order valence-electron chi connectivity index (χ1n) is 14.4. The summed E-state index contributed by atoms with van der Waals surface area (Å²) < 4.78 is 17.1. The molecule has 3 amide bonds. The van der Waals surface area contributed by atoms with E-state index in [1.165, 1.54) is 0 Å². The number of hydrogen-bond acceptors (Lipinski definition) is 7. The van der Waals surface area contributed by atoms with Crippen molar-refractivity contribution in [2.24, 2.45) is 5.92 Å². The number of hydrogen-bond donors (Lipinski definition) is 3. The molecule has 0 radical (unpaired) electrons. The van der Waals surface area contributed by atoms with Crippen LogP contribution in [0.4, 0.5) is 16.2 Å². The molecule has 0 spiro atoms. The molecular formula is C33H42N4O6. The summed E-state index contributed by atoms with van der Waals surface area (Å²) in [5.74, 6) is 1.98. The Morgan fingerprint density at radius 3 is 2.26 bits per heavy atom. The maximum atomic E-state index is 13.5. The lowest BCUT2D eigenvalue weighted by Gasteiger charge is -2.34. The van der Waals surface area contributed by atoms with Crippen molar-refractivity contribution in [3.8, 4) is 17.2 Å². The number of aliphatic hydroxyl groups is 1. The molecule has 1 heterocycles. The molecule has 10 nitrogen and oxygen atoms in total. The van der Waals surface area contributed by atoms with Gasteiger partial charge >= 0.3 is 6.03 Å². The van der Waals surface area contributed by atoms with E-state index in [1.807, 2.05) is 38.2 Å². The lowest BCUT2D eigenvalue weighted by atomic mass is 10.0. The number of carbonyl (C=O) groups is 2. The smallest absolute Gasteiger partial charge is 0.323 e. The number of benzene rings is 3. The van der Waals surface area contributed by atoms with Crippen molar-refractivity contribution in [1.82, 2.24) is 9.80 Å². The molecule has 230 valence electrons. The standard InChI is InChI=1S/C33H42N4O6/c1-22-18-37(23(2)21-38)32(39)17-25-16-27(35-33(40)34-26-8-13-29(42-5)14-9-26)10-15-30(25)43-31(22)20-36(3)19-24-6-11-28(41-4)12-7-24/h6-16,22-23,31,38H,17-21H2,1-5H3,(H2,34,35,40)/t22-,23-,31-/m0/s1. The topological polar surface area (TPSA) is 113 Å². The molecule has 1 aliphatic rings. The molecule has 0 bridgehead atoms. The Labute approximate surface area is 253 Å². The van der Waals surface area contributed by atoms with Gasteiger partial charge in [-0.1, -0.05) is 19.1 Å². The Morgan fingerprint density at radius 2 is 1.63 bits per heavy atom. The molecule has 1 aliphatic heterocycles. The Morgan fingerprint density at radius 1 is 1.02 bits per heavy atom. The quantitative estimate of drug-likeness (QED) is 0.316. The highest BCUT2D eigenvalue weighted by Gasteiger charge is 2.31. The van der Waals surface area contributed by atoms with Gasteiger partial charge < -0.3 is 34.9 Å². The average Bonchev–Trinajstić information content (AvgIpc) is 3.04. The van der Waals surface area contributed by atoms with Crippen molar-refractivity contribution in [3.63, 3.8) is 0 Å². The van der Waals surface area contributed by atoms with Gasteiger partial charge in [0.2, 0.25) is 5.91 Å². The van der Waals surface area contributed by atoms with E-state index in [0.29, 0.717) is 48.1 Å². The van der Waals surface area contributed by atoms with E-state index in [-0.39, 0.29) is 37.0 Å². The zero-order chi connectivity index (χ0) is 30.9. The minimum absolute atomic E-state index is 0.0182.